The van der Waals surface area contributed by atoms with Gasteiger partial charge in [-0.1, -0.05) is 6.07 Å². The largest absolute Gasteiger partial charge is 0.398 e. The number of nitrogens with one attached hydrogen (secondary N) is 1. The van der Waals surface area contributed by atoms with Gasteiger partial charge in [0.15, 0.2) is 0 Å². The zero-order chi connectivity index (χ0) is 21.4. The smallest absolute Gasteiger partial charge is 0.264 e. The highest BCUT2D eigenvalue weighted by Crippen LogP contribution is 2.35. The molecule has 2 aliphatic heterocycles. The van der Waals surface area contributed by atoms with Gasteiger partial charge < -0.3 is 5.73 Å². The summed E-state index contributed by atoms with van der Waals surface area (Å²) >= 11 is 0. The maximum absolute atomic E-state index is 12.9. The van der Waals surface area contributed by atoms with Gasteiger partial charge in [0, 0.05) is 21.7 Å². The van der Waals surface area contributed by atoms with Crippen LogP contribution in [0.25, 0.3) is 0 Å². The number of carbonyl (C=O) groups excluding carboxylic acids is 4. The van der Waals surface area contributed by atoms with Crippen LogP contribution in [0.3, 0.4) is 0 Å². The van der Waals surface area contributed by atoms with Crippen molar-refractivity contribution in [3.8, 4) is 0 Å². The lowest BCUT2D eigenvalue weighted by molar-refractivity contribution is -0.140. The molecule has 1 aromatic carbocycles. The van der Waals surface area contributed by atoms with Crippen molar-refractivity contribution in [1.29, 1.82) is 0 Å². The molecule has 3 rings (SSSR count). The number of rotatable bonds is 1. The van der Waals surface area contributed by atoms with E-state index in [0.717, 1.165) is 6.07 Å². The molecule has 0 bridgehead atoms. The topological polar surface area (TPSA) is 110 Å². The van der Waals surface area contributed by atoms with E-state index < -0.39 is 54.3 Å². The van der Waals surface area contributed by atoms with Gasteiger partial charge in [0.1, 0.15) is 5.54 Å². The van der Waals surface area contributed by atoms with Crippen LogP contribution < -0.4 is 11.1 Å². The second-order valence-corrected chi connectivity index (χ2v) is 4.46. The lowest BCUT2D eigenvalue weighted by Crippen LogP contribution is -2.62. The van der Waals surface area contributed by atoms with Crippen LogP contribution in [0.1, 0.15) is 49.9 Å². The Balaban J connectivity index is 2.39. The first-order valence-corrected chi connectivity index (χ1v) is 5.77. The predicted octanol–water partition coefficient (Wildman–Crippen LogP) is 0.0601. The molecule has 2 aliphatic rings. The molecule has 0 spiro atoms. The molecule has 0 saturated carbocycles. The van der Waals surface area contributed by atoms with Gasteiger partial charge in [-0.15, -0.1) is 0 Å². The molecular formula is C14H13N3O4. The molecule has 0 unspecified atom stereocenters. The Morgan fingerprint density at radius 3 is 2.76 bits per heavy atom. The fourth-order valence-corrected chi connectivity index (χ4v) is 2.20. The average molecular weight is 294 g/mol. The number of benzene rings is 1. The van der Waals surface area contributed by atoms with Crippen LogP contribution in [0.5, 0.6) is 0 Å². The van der Waals surface area contributed by atoms with Gasteiger partial charge in [0.05, 0.1) is 11.1 Å². The number of nitrogens with zero attached hydrogens (tertiary/aromatic N) is 1. The molecule has 21 heavy (non-hydrogen) atoms. The van der Waals surface area contributed by atoms with E-state index in [-0.39, 0.29) is 16.2 Å². The quantitative estimate of drug-likeness (QED) is 0.562. The SMILES string of the molecule is [2H]C1([2H])C(=O)NC(=O)[C@](N2C(=O)c3cccc(N)c3C2=O)(C([2H])([2H])[2H])C1([2H])[2H]. The van der Waals surface area contributed by atoms with Crippen molar-refractivity contribution in [1.82, 2.24) is 10.2 Å². The average Bonchev–Trinajstić information content (AvgIpc) is 2.79. The van der Waals surface area contributed by atoms with Crippen LogP contribution in [-0.2, 0) is 9.59 Å². The van der Waals surface area contributed by atoms with E-state index in [4.69, 9.17) is 15.3 Å². The molecule has 1 aromatic rings. The number of nitrogen functional groups attached to an aromatic ring is 1. The summed E-state index contributed by atoms with van der Waals surface area (Å²) in [4.78, 5) is 50.3. The van der Waals surface area contributed by atoms with Gasteiger partial charge >= 0.3 is 0 Å². The molecule has 3 N–H and O–H groups in total. The first-order valence-electron chi connectivity index (χ1n) is 9.27. The van der Waals surface area contributed by atoms with E-state index in [0.29, 0.717) is 0 Å². The number of piperidine rings is 1. The van der Waals surface area contributed by atoms with Crippen molar-refractivity contribution < 1.29 is 28.8 Å². The molecule has 108 valence electrons. The van der Waals surface area contributed by atoms with Crippen LogP contribution in [0.15, 0.2) is 18.2 Å². The zero-order valence-electron chi connectivity index (χ0n) is 17.4. The highest BCUT2D eigenvalue weighted by atomic mass is 16.2. The van der Waals surface area contributed by atoms with E-state index in [2.05, 4.69) is 0 Å². The first-order chi connectivity index (χ1) is 12.6. The number of amides is 4. The third kappa shape index (κ3) is 1.67. The minimum absolute atomic E-state index is 0.138. The number of nitrogens with two attached hydrogens (primary N) is 1. The zero-order valence-corrected chi connectivity index (χ0v) is 10.4. The van der Waals surface area contributed by atoms with E-state index in [1.807, 2.05) is 0 Å². The normalized spacial score (nSPS) is 35.4. The molecule has 7 nitrogen and oxygen atoms in total. The van der Waals surface area contributed by atoms with Gasteiger partial charge in [0.2, 0.25) is 5.91 Å². The summed E-state index contributed by atoms with van der Waals surface area (Å²) in [6.45, 7) is -3.74. The Morgan fingerprint density at radius 1 is 1.33 bits per heavy atom. The predicted molar refractivity (Wildman–Crippen MR) is 72.1 cm³/mol. The second kappa shape index (κ2) is 4.15. The molecule has 7 heteroatoms. The molecule has 4 amide bonds. The summed E-state index contributed by atoms with van der Waals surface area (Å²) in [7, 11) is 0. The summed E-state index contributed by atoms with van der Waals surface area (Å²) in [5, 5.41) is 1.45. The Bertz CT molecular complexity index is 959. The highest BCUT2D eigenvalue weighted by molar-refractivity contribution is 6.26. The van der Waals surface area contributed by atoms with Gasteiger partial charge in [-0.3, -0.25) is 29.4 Å². The molecule has 1 atom stereocenters. The van der Waals surface area contributed by atoms with E-state index >= 15 is 0 Å². The van der Waals surface area contributed by atoms with Crippen LogP contribution >= 0.6 is 0 Å². The van der Waals surface area contributed by atoms with Crippen LogP contribution in [0, 0.1) is 0 Å². The van der Waals surface area contributed by atoms with E-state index in [9.17, 15) is 19.2 Å². The first kappa shape index (κ1) is 7.35. The number of imide groups is 2. The monoisotopic (exact) mass is 294 g/mol. The Kier molecular flexibility index (Phi) is 1.45. The van der Waals surface area contributed by atoms with Gasteiger partial charge in [-0.25, -0.2) is 0 Å². The minimum atomic E-state index is -3.80. The van der Waals surface area contributed by atoms with Crippen LogP contribution in [0.4, 0.5) is 5.69 Å². The van der Waals surface area contributed by atoms with Gasteiger partial charge in [0.25, 0.3) is 17.7 Å². The van der Waals surface area contributed by atoms with Crippen molar-refractivity contribution in [2.24, 2.45) is 0 Å². The lowest BCUT2D eigenvalue weighted by atomic mass is 9.89. The Morgan fingerprint density at radius 2 is 2.10 bits per heavy atom. The molecule has 1 saturated heterocycles. The summed E-state index contributed by atoms with van der Waals surface area (Å²) in [6, 6.07) is 3.67. The number of carbonyl (C=O) groups is 4. The Hall–Kier alpha value is -2.70. The van der Waals surface area contributed by atoms with Crippen molar-refractivity contribution >= 4 is 29.3 Å². The lowest BCUT2D eigenvalue weighted by Gasteiger charge is -2.38. The third-order valence-corrected chi connectivity index (χ3v) is 3.20. The number of hydrogen-bond donors (Lipinski definition) is 2. The molecular weight excluding hydrogens is 274 g/mol. The number of hydrogen-bond acceptors (Lipinski definition) is 5. The highest BCUT2D eigenvalue weighted by Gasteiger charge is 2.53. The van der Waals surface area contributed by atoms with Crippen LogP contribution in [-0.4, -0.2) is 34.1 Å². The fourth-order valence-electron chi connectivity index (χ4n) is 2.20. The minimum Gasteiger partial charge on any atom is -0.398 e. The van der Waals surface area contributed by atoms with Crippen molar-refractivity contribution in [2.75, 3.05) is 5.73 Å². The van der Waals surface area contributed by atoms with Crippen molar-refractivity contribution in [2.45, 2.75) is 25.1 Å². The molecule has 0 aromatic heterocycles. The molecule has 1 fully saturated rings. The number of fused-ring (bicyclic) bond motifs is 1. The molecule has 0 aliphatic carbocycles. The summed E-state index contributed by atoms with van der Waals surface area (Å²) < 4.78 is 55.1. The van der Waals surface area contributed by atoms with Crippen LogP contribution in [0.2, 0.25) is 0 Å². The standard InChI is InChI=1S/C14H13N3O4/c1-14(6-5-9(18)16-13(14)21)17-11(19)7-3-2-4-8(15)10(7)12(17)20/h2-4H,5-6,15H2,1H3,(H,16,18,21)/t14-/m0/s1/i1D3,5D2,6D2. The summed E-state index contributed by atoms with van der Waals surface area (Å²) in [5.41, 5.74) is 1.02. The maximum atomic E-state index is 12.9. The van der Waals surface area contributed by atoms with E-state index in [1.54, 1.807) is 0 Å². The van der Waals surface area contributed by atoms with Crippen molar-refractivity contribution in [3.05, 3.63) is 29.3 Å². The Labute approximate surface area is 129 Å². The molecule has 0 radical (unpaired) electrons. The van der Waals surface area contributed by atoms with Gasteiger partial charge in [-0.05, 0) is 25.4 Å². The maximum Gasteiger partial charge on any atom is 0.264 e. The third-order valence-electron chi connectivity index (χ3n) is 3.20. The second-order valence-electron chi connectivity index (χ2n) is 4.46. The number of anilines is 1. The summed E-state index contributed by atoms with van der Waals surface area (Å²) in [6.07, 6.45) is -7.36. The van der Waals surface area contributed by atoms with Crippen molar-refractivity contribution in [3.63, 3.8) is 0 Å². The van der Waals surface area contributed by atoms with E-state index in [1.165, 1.54) is 17.4 Å². The summed E-state index contributed by atoms with van der Waals surface area (Å²) in [5.74, 6) is -6.27. The molecule has 2 heterocycles. The van der Waals surface area contributed by atoms with Gasteiger partial charge in [-0.2, -0.15) is 0 Å². The fraction of sp³-hybridized carbons (Fsp3) is 0.286.